The van der Waals surface area contributed by atoms with Gasteiger partial charge in [0.25, 0.3) is 0 Å². The number of aliphatic hydroxyl groups excluding tert-OH is 1. The summed E-state index contributed by atoms with van der Waals surface area (Å²) >= 11 is 6.05. The maximum Gasteiger partial charge on any atom is 0.138 e. The molecule has 1 heterocycles. The van der Waals surface area contributed by atoms with Crippen molar-refractivity contribution in [3.8, 4) is 5.75 Å². The molecule has 19 heavy (non-hydrogen) atoms. The summed E-state index contributed by atoms with van der Waals surface area (Å²) < 4.78 is 5.60. The summed E-state index contributed by atoms with van der Waals surface area (Å²) in [5.74, 6) is 0.640. The predicted molar refractivity (Wildman–Crippen MR) is 77.0 cm³/mol. The number of hydrogen-bond donors (Lipinski definition) is 2. The van der Waals surface area contributed by atoms with Crippen LogP contribution in [-0.2, 0) is 0 Å². The van der Waals surface area contributed by atoms with Crippen molar-refractivity contribution < 1.29 is 9.84 Å². The highest BCUT2D eigenvalue weighted by Gasteiger charge is 2.15. The molecule has 1 fully saturated rings. The van der Waals surface area contributed by atoms with Crippen LogP contribution >= 0.6 is 11.6 Å². The van der Waals surface area contributed by atoms with Crippen molar-refractivity contribution in [2.24, 2.45) is 0 Å². The molecule has 5 heteroatoms. The average Bonchev–Trinajstić information content (AvgIpc) is 2.41. The molecule has 1 aromatic carbocycles. The lowest BCUT2D eigenvalue weighted by atomic mass is 10.2. The Morgan fingerprint density at radius 1 is 1.42 bits per heavy atom. The van der Waals surface area contributed by atoms with Gasteiger partial charge < -0.3 is 15.2 Å². The topological polar surface area (TPSA) is 44.7 Å². The monoisotopic (exact) mass is 284 g/mol. The third-order valence-electron chi connectivity index (χ3n) is 3.20. The minimum Gasteiger partial charge on any atom is -0.489 e. The summed E-state index contributed by atoms with van der Waals surface area (Å²) in [6.45, 7) is 6.82. The molecule has 1 saturated heterocycles. The Balaban J connectivity index is 1.79. The Morgan fingerprint density at radius 3 is 2.89 bits per heavy atom. The molecule has 2 rings (SSSR count). The molecule has 1 unspecified atom stereocenters. The molecule has 106 valence electrons. The molecule has 4 nitrogen and oxygen atoms in total. The minimum absolute atomic E-state index is 0.271. The molecular formula is C14H21ClN2O2. The Kier molecular flexibility index (Phi) is 5.45. The fourth-order valence-corrected chi connectivity index (χ4v) is 2.32. The largest absolute Gasteiger partial charge is 0.489 e. The van der Waals surface area contributed by atoms with Crippen molar-refractivity contribution in [2.45, 2.75) is 13.0 Å². The summed E-state index contributed by atoms with van der Waals surface area (Å²) in [6.07, 6.45) is -0.491. The van der Waals surface area contributed by atoms with Crippen molar-refractivity contribution >= 4 is 11.6 Å². The molecule has 0 aromatic heterocycles. The quantitative estimate of drug-likeness (QED) is 0.855. The van der Waals surface area contributed by atoms with E-state index >= 15 is 0 Å². The van der Waals surface area contributed by atoms with E-state index in [9.17, 15) is 5.11 Å². The van der Waals surface area contributed by atoms with E-state index in [1.165, 1.54) is 0 Å². The second-order valence-electron chi connectivity index (χ2n) is 4.95. The zero-order chi connectivity index (χ0) is 13.7. The van der Waals surface area contributed by atoms with Crippen LogP contribution in [0.2, 0.25) is 5.02 Å². The Bertz CT molecular complexity index is 408. The highest BCUT2D eigenvalue weighted by Crippen LogP contribution is 2.25. The molecule has 0 radical (unpaired) electrons. The van der Waals surface area contributed by atoms with Gasteiger partial charge in [-0.25, -0.2) is 0 Å². The van der Waals surface area contributed by atoms with Crippen molar-refractivity contribution in [1.29, 1.82) is 0 Å². The van der Waals surface area contributed by atoms with Crippen LogP contribution in [0.25, 0.3) is 0 Å². The van der Waals surface area contributed by atoms with Crippen LogP contribution in [-0.4, -0.2) is 55.4 Å². The molecule has 0 aliphatic carbocycles. The number of ether oxygens (including phenoxy) is 1. The predicted octanol–water partition coefficient (Wildman–Crippen LogP) is 1.29. The van der Waals surface area contributed by atoms with E-state index in [0.29, 0.717) is 17.3 Å². The maximum atomic E-state index is 9.99. The van der Waals surface area contributed by atoms with E-state index < -0.39 is 6.10 Å². The summed E-state index contributed by atoms with van der Waals surface area (Å²) in [6, 6.07) is 5.64. The molecule has 0 saturated carbocycles. The second kappa shape index (κ2) is 7.10. The number of piperazine rings is 1. The van der Waals surface area contributed by atoms with Gasteiger partial charge in [-0.2, -0.15) is 0 Å². The standard InChI is InChI=1S/C14H21ClN2O2/c1-11-2-3-13(15)14(8-11)19-10-12(18)9-17-6-4-16-5-7-17/h2-3,8,12,16,18H,4-7,9-10H2,1H3. The van der Waals surface area contributed by atoms with Gasteiger partial charge >= 0.3 is 0 Å². The van der Waals surface area contributed by atoms with Gasteiger partial charge in [0.05, 0.1) is 5.02 Å². The molecule has 1 aromatic rings. The lowest BCUT2D eigenvalue weighted by Gasteiger charge is -2.29. The highest BCUT2D eigenvalue weighted by atomic mass is 35.5. The van der Waals surface area contributed by atoms with Crippen LogP contribution in [0.15, 0.2) is 18.2 Å². The number of hydrogen-bond acceptors (Lipinski definition) is 4. The van der Waals surface area contributed by atoms with Crippen LogP contribution in [0.1, 0.15) is 5.56 Å². The molecule has 1 atom stereocenters. The summed E-state index contributed by atoms with van der Waals surface area (Å²) in [5.41, 5.74) is 1.09. The molecule has 0 amide bonds. The summed E-state index contributed by atoms with van der Waals surface area (Å²) in [7, 11) is 0. The molecule has 1 aliphatic rings. The Morgan fingerprint density at radius 2 is 2.16 bits per heavy atom. The van der Waals surface area contributed by atoms with Crippen LogP contribution in [0, 0.1) is 6.92 Å². The Labute approximate surface area is 119 Å². The lowest BCUT2D eigenvalue weighted by molar-refractivity contribution is 0.0641. The van der Waals surface area contributed by atoms with Gasteiger partial charge in [-0.1, -0.05) is 17.7 Å². The third-order valence-corrected chi connectivity index (χ3v) is 3.51. The first kappa shape index (κ1) is 14.6. The van der Waals surface area contributed by atoms with Gasteiger partial charge in [0.2, 0.25) is 0 Å². The fourth-order valence-electron chi connectivity index (χ4n) is 2.15. The minimum atomic E-state index is -0.491. The van der Waals surface area contributed by atoms with Gasteiger partial charge in [-0.3, -0.25) is 4.90 Å². The number of rotatable bonds is 5. The van der Waals surface area contributed by atoms with E-state index in [1.54, 1.807) is 0 Å². The van der Waals surface area contributed by atoms with Crippen LogP contribution in [0.3, 0.4) is 0 Å². The van der Waals surface area contributed by atoms with E-state index in [0.717, 1.165) is 31.7 Å². The normalized spacial score (nSPS) is 18.3. The van der Waals surface area contributed by atoms with E-state index in [-0.39, 0.29) is 6.61 Å². The SMILES string of the molecule is Cc1ccc(Cl)c(OCC(O)CN2CCNCC2)c1. The van der Waals surface area contributed by atoms with Crippen LogP contribution in [0.4, 0.5) is 0 Å². The maximum absolute atomic E-state index is 9.99. The molecule has 1 aliphatic heterocycles. The van der Waals surface area contributed by atoms with Gasteiger partial charge in [-0.15, -0.1) is 0 Å². The van der Waals surface area contributed by atoms with Crippen LogP contribution in [0.5, 0.6) is 5.75 Å². The van der Waals surface area contributed by atoms with Crippen molar-refractivity contribution in [3.05, 3.63) is 28.8 Å². The summed E-state index contributed by atoms with van der Waals surface area (Å²) in [4.78, 5) is 2.24. The highest BCUT2D eigenvalue weighted by molar-refractivity contribution is 6.32. The van der Waals surface area contributed by atoms with Gasteiger partial charge in [0, 0.05) is 32.7 Å². The van der Waals surface area contributed by atoms with Gasteiger partial charge in [0.15, 0.2) is 0 Å². The van der Waals surface area contributed by atoms with Crippen molar-refractivity contribution in [1.82, 2.24) is 10.2 Å². The van der Waals surface area contributed by atoms with Gasteiger partial charge in [-0.05, 0) is 24.6 Å². The number of aliphatic hydroxyl groups is 1. The fraction of sp³-hybridized carbons (Fsp3) is 0.571. The summed E-state index contributed by atoms with van der Waals surface area (Å²) in [5, 5.41) is 13.9. The number of nitrogens with one attached hydrogen (secondary N) is 1. The third kappa shape index (κ3) is 4.66. The first-order valence-corrected chi connectivity index (χ1v) is 7.03. The first-order chi connectivity index (χ1) is 9.15. The second-order valence-corrected chi connectivity index (χ2v) is 5.36. The number of β-amino-alcohol motifs (C(OH)–C–C–N with tert-alkyl or cyclic N) is 1. The number of aryl methyl sites for hydroxylation is 1. The smallest absolute Gasteiger partial charge is 0.138 e. The van der Waals surface area contributed by atoms with E-state index in [2.05, 4.69) is 10.2 Å². The Hall–Kier alpha value is -0.810. The first-order valence-electron chi connectivity index (χ1n) is 6.65. The molecule has 0 spiro atoms. The zero-order valence-corrected chi connectivity index (χ0v) is 12.0. The van der Waals surface area contributed by atoms with E-state index in [4.69, 9.17) is 16.3 Å². The molecular weight excluding hydrogens is 264 g/mol. The van der Waals surface area contributed by atoms with E-state index in [1.807, 2.05) is 25.1 Å². The van der Waals surface area contributed by atoms with Gasteiger partial charge in [0.1, 0.15) is 18.5 Å². The number of halogens is 1. The average molecular weight is 285 g/mol. The number of nitrogens with zero attached hydrogens (tertiary/aromatic N) is 1. The zero-order valence-electron chi connectivity index (χ0n) is 11.2. The molecule has 2 N–H and O–H groups in total. The molecule has 0 bridgehead atoms. The van der Waals surface area contributed by atoms with Crippen molar-refractivity contribution in [2.75, 3.05) is 39.3 Å². The van der Waals surface area contributed by atoms with Crippen molar-refractivity contribution in [3.63, 3.8) is 0 Å². The number of benzene rings is 1. The lowest BCUT2D eigenvalue weighted by Crippen LogP contribution is -2.47. The van der Waals surface area contributed by atoms with Crippen LogP contribution < -0.4 is 10.1 Å².